The van der Waals surface area contributed by atoms with E-state index < -0.39 is 0 Å². The van der Waals surface area contributed by atoms with Crippen LogP contribution in [0.4, 0.5) is 0 Å². The molecule has 0 aliphatic carbocycles. The third kappa shape index (κ3) is 3.31. The van der Waals surface area contributed by atoms with E-state index in [0.29, 0.717) is 0 Å². The zero-order valence-corrected chi connectivity index (χ0v) is 24.3. The normalized spacial score (nSPS) is 12.1. The minimum absolute atomic E-state index is 0.853. The second kappa shape index (κ2) is 8.96. The van der Waals surface area contributed by atoms with Crippen LogP contribution in [0.25, 0.3) is 91.6 Å². The Balaban J connectivity index is 1.42. The predicted molar refractivity (Wildman–Crippen MR) is 187 cm³/mol. The smallest absolute Gasteiger partial charge is 0.166 e. The number of benzene rings is 7. The summed E-state index contributed by atoms with van der Waals surface area (Å²) >= 11 is 1.71. The first-order valence-corrected chi connectivity index (χ1v) is 15.7. The first-order chi connectivity index (χ1) is 21.8. The van der Waals surface area contributed by atoms with E-state index in [0.717, 1.165) is 43.8 Å². The van der Waals surface area contributed by atoms with Gasteiger partial charge in [-0.05, 0) is 62.6 Å². The average molecular weight is 578 g/mol. The molecule has 0 N–H and O–H groups in total. The molecule has 0 radical (unpaired) electrons. The highest BCUT2D eigenvalue weighted by molar-refractivity contribution is 7.25. The van der Waals surface area contributed by atoms with Crippen LogP contribution >= 0.6 is 11.3 Å². The molecule has 0 amide bonds. The highest BCUT2D eigenvalue weighted by atomic mass is 32.1. The third-order valence-electron chi connectivity index (χ3n) is 8.97. The minimum Gasteiger partial charge on any atom is -0.292 e. The number of rotatable bonds is 2. The fourth-order valence-electron chi connectivity index (χ4n) is 6.98. The minimum atomic E-state index is 0.853. The molecule has 3 aromatic heterocycles. The summed E-state index contributed by atoms with van der Waals surface area (Å²) in [6.07, 6.45) is 0. The lowest BCUT2D eigenvalue weighted by atomic mass is 9.95. The molecule has 0 saturated carbocycles. The van der Waals surface area contributed by atoms with E-state index in [-0.39, 0.29) is 0 Å². The van der Waals surface area contributed by atoms with Gasteiger partial charge in [0.15, 0.2) is 5.82 Å². The van der Waals surface area contributed by atoms with Gasteiger partial charge in [-0.15, -0.1) is 11.3 Å². The lowest BCUT2D eigenvalue weighted by Crippen LogP contribution is -2.03. The van der Waals surface area contributed by atoms with Crippen LogP contribution in [-0.2, 0) is 0 Å². The fourth-order valence-corrected chi connectivity index (χ4v) is 8.00. The Bertz CT molecular complexity index is 2790. The summed E-state index contributed by atoms with van der Waals surface area (Å²) in [7, 11) is 0. The molecule has 4 heteroatoms. The highest BCUT2D eigenvalue weighted by Crippen LogP contribution is 2.42. The molecule has 10 rings (SSSR count). The molecule has 0 saturated heterocycles. The zero-order valence-electron chi connectivity index (χ0n) is 23.5. The largest absolute Gasteiger partial charge is 0.292 e. The van der Waals surface area contributed by atoms with Crippen molar-refractivity contribution in [3.8, 4) is 17.1 Å². The molecule has 204 valence electrons. The molecule has 0 unspecified atom stereocenters. The zero-order chi connectivity index (χ0) is 28.8. The van der Waals surface area contributed by atoms with Gasteiger partial charge in [0.2, 0.25) is 0 Å². The third-order valence-corrected chi connectivity index (χ3v) is 10.0. The molecule has 0 spiro atoms. The Hall–Kier alpha value is -5.58. The van der Waals surface area contributed by atoms with Gasteiger partial charge in [0.25, 0.3) is 0 Å². The Morgan fingerprint density at radius 3 is 1.93 bits per heavy atom. The van der Waals surface area contributed by atoms with Crippen molar-refractivity contribution in [1.82, 2.24) is 14.5 Å². The molecule has 3 heterocycles. The summed E-state index contributed by atoms with van der Waals surface area (Å²) in [5.41, 5.74) is 5.18. The number of para-hydroxylation sites is 1. The Morgan fingerprint density at radius 2 is 1.09 bits per heavy atom. The molecule has 10 aromatic rings. The molecule has 0 atom stereocenters. The Morgan fingerprint density at radius 1 is 0.455 bits per heavy atom. The molecule has 0 bridgehead atoms. The topological polar surface area (TPSA) is 30.7 Å². The SMILES string of the molecule is c1ccc2cc3c(cc2c1)c1ccccc1n3-c1nc2sc3ccccc3c2nc1-c1cc2ccccc2c2ccccc12. The number of hydrogen-bond acceptors (Lipinski definition) is 3. The molecule has 7 aromatic carbocycles. The van der Waals surface area contributed by atoms with Gasteiger partial charge in [0.1, 0.15) is 16.0 Å². The van der Waals surface area contributed by atoms with E-state index >= 15 is 0 Å². The molecule has 44 heavy (non-hydrogen) atoms. The Labute approximate surface area is 256 Å². The van der Waals surface area contributed by atoms with Gasteiger partial charge in [-0.1, -0.05) is 109 Å². The van der Waals surface area contributed by atoms with Crippen molar-refractivity contribution < 1.29 is 0 Å². The van der Waals surface area contributed by atoms with Gasteiger partial charge in [-0.2, -0.15) is 0 Å². The maximum Gasteiger partial charge on any atom is 0.166 e. The van der Waals surface area contributed by atoms with Crippen molar-refractivity contribution in [1.29, 1.82) is 0 Å². The van der Waals surface area contributed by atoms with E-state index in [9.17, 15) is 0 Å². The second-order valence-electron chi connectivity index (χ2n) is 11.4. The van der Waals surface area contributed by atoms with Crippen molar-refractivity contribution in [2.45, 2.75) is 0 Å². The summed E-state index contributed by atoms with van der Waals surface area (Å²) < 4.78 is 3.54. The molecule has 3 nitrogen and oxygen atoms in total. The van der Waals surface area contributed by atoms with Crippen molar-refractivity contribution in [3.63, 3.8) is 0 Å². The summed E-state index contributed by atoms with van der Waals surface area (Å²) in [6.45, 7) is 0. The van der Waals surface area contributed by atoms with Gasteiger partial charge in [-0.25, -0.2) is 9.97 Å². The van der Waals surface area contributed by atoms with Crippen LogP contribution in [0.2, 0.25) is 0 Å². The summed E-state index contributed by atoms with van der Waals surface area (Å²) in [6, 6.07) is 50.0. The van der Waals surface area contributed by atoms with Crippen LogP contribution in [0.3, 0.4) is 0 Å². The molecular weight excluding hydrogens is 555 g/mol. The summed E-state index contributed by atoms with van der Waals surface area (Å²) in [5.74, 6) is 0.853. The molecule has 0 aliphatic rings. The number of thiophene rings is 1. The lowest BCUT2D eigenvalue weighted by molar-refractivity contribution is 1.09. The van der Waals surface area contributed by atoms with Crippen LogP contribution in [0, 0.1) is 0 Å². The monoisotopic (exact) mass is 577 g/mol. The lowest BCUT2D eigenvalue weighted by Gasteiger charge is -2.16. The summed E-state index contributed by atoms with van der Waals surface area (Å²) in [4.78, 5) is 12.0. The van der Waals surface area contributed by atoms with Gasteiger partial charge in [-0.3, -0.25) is 4.57 Å². The van der Waals surface area contributed by atoms with Crippen molar-refractivity contribution in [3.05, 3.63) is 140 Å². The van der Waals surface area contributed by atoms with E-state index in [4.69, 9.17) is 9.97 Å². The summed E-state index contributed by atoms with van der Waals surface area (Å²) in [5, 5.41) is 10.8. The maximum absolute atomic E-state index is 5.55. The number of fused-ring (bicyclic) bond motifs is 10. The molecular formula is C40H23N3S. The van der Waals surface area contributed by atoms with Crippen LogP contribution in [0.15, 0.2) is 140 Å². The molecule has 0 aliphatic heterocycles. The van der Waals surface area contributed by atoms with Crippen molar-refractivity contribution in [2.75, 3.05) is 0 Å². The van der Waals surface area contributed by atoms with Crippen molar-refractivity contribution >= 4 is 85.9 Å². The van der Waals surface area contributed by atoms with Gasteiger partial charge in [0.05, 0.1) is 11.0 Å². The van der Waals surface area contributed by atoms with Gasteiger partial charge in [0, 0.05) is 26.4 Å². The van der Waals surface area contributed by atoms with E-state index in [1.807, 2.05) is 0 Å². The standard InChI is InChI=1S/C40H23N3S/c1-2-12-25-23-35-32(21-24(25)11-1)30-17-7-9-19-34(30)43(35)39-37(41-38-31-18-8-10-20-36(31)44-40(38)42-39)33-22-26-13-3-4-14-27(26)28-15-5-6-16-29(28)33/h1-23H. The first-order valence-electron chi connectivity index (χ1n) is 14.8. The van der Waals surface area contributed by atoms with Crippen LogP contribution in [-0.4, -0.2) is 14.5 Å². The maximum atomic E-state index is 5.55. The number of hydrogen-bond donors (Lipinski definition) is 0. The van der Waals surface area contributed by atoms with Crippen molar-refractivity contribution in [2.24, 2.45) is 0 Å². The van der Waals surface area contributed by atoms with Crippen LogP contribution in [0.1, 0.15) is 0 Å². The Kier molecular flexibility index (Phi) is 4.87. The van der Waals surface area contributed by atoms with E-state index in [1.165, 1.54) is 47.8 Å². The first kappa shape index (κ1) is 23.9. The highest BCUT2D eigenvalue weighted by Gasteiger charge is 2.23. The number of nitrogens with zero attached hydrogens (tertiary/aromatic N) is 3. The fraction of sp³-hybridized carbons (Fsp3) is 0. The van der Waals surface area contributed by atoms with Crippen LogP contribution in [0.5, 0.6) is 0 Å². The van der Waals surface area contributed by atoms with Gasteiger partial charge >= 0.3 is 0 Å². The van der Waals surface area contributed by atoms with E-state index in [2.05, 4.69) is 144 Å². The van der Waals surface area contributed by atoms with Crippen LogP contribution < -0.4 is 0 Å². The van der Waals surface area contributed by atoms with E-state index in [1.54, 1.807) is 11.3 Å². The second-order valence-corrected chi connectivity index (χ2v) is 12.4. The quantitative estimate of drug-likeness (QED) is 0.191. The average Bonchev–Trinajstić information content (AvgIpc) is 3.61. The number of aromatic nitrogens is 3. The molecule has 0 fully saturated rings. The predicted octanol–water partition coefficient (Wildman–Crippen LogP) is 11.1. The van der Waals surface area contributed by atoms with Gasteiger partial charge < -0.3 is 0 Å².